The first kappa shape index (κ1) is 11.1. The molecule has 6 nitrogen and oxygen atoms in total. The molecule has 0 saturated carbocycles. The zero-order chi connectivity index (χ0) is 12.4. The van der Waals surface area contributed by atoms with Gasteiger partial charge in [-0.1, -0.05) is 0 Å². The van der Waals surface area contributed by atoms with E-state index >= 15 is 0 Å². The predicted molar refractivity (Wildman–Crippen MR) is 58.6 cm³/mol. The molecule has 6 heteroatoms. The van der Waals surface area contributed by atoms with Crippen molar-refractivity contribution >= 4 is 17.0 Å². The fraction of sp³-hybridized carbons (Fsp3) is 0.182. The lowest BCUT2D eigenvalue weighted by molar-refractivity contribution is -0.577. The molecule has 0 saturated heterocycles. The van der Waals surface area contributed by atoms with Gasteiger partial charge < -0.3 is 14.7 Å². The van der Waals surface area contributed by atoms with Crippen LogP contribution in [0.1, 0.15) is 10.4 Å². The van der Waals surface area contributed by atoms with Crippen molar-refractivity contribution in [1.82, 2.24) is 4.98 Å². The van der Waals surface area contributed by atoms with Gasteiger partial charge in [0.1, 0.15) is 5.75 Å². The maximum atomic E-state index is 11.6. The molecular formula is C11H10N2O4. The Labute approximate surface area is 97.0 Å². The van der Waals surface area contributed by atoms with E-state index < -0.39 is 5.97 Å². The zero-order valence-electron chi connectivity index (χ0n) is 9.34. The van der Waals surface area contributed by atoms with Gasteiger partial charge in [0.25, 0.3) is 0 Å². The molecular weight excluding hydrogens is 224 g/mol. The third-order valence-electron chi connectivity index (χ3n) is 2.35. The van der Waals surface area contributed by atoms with Gasteiger partial charge in [-0.05, 0) is 0 Å². The zero-order valence-corrected chi connectivity index (χ0v) is 9.34. The molecule has 0 aromatic carbocycles. The first-order chi connectivity index (χ1) is 8.17. The number of pyridine rings is 2. The van der Waals surface area contributed by atoms with Crippen LogP contribution in [-0.2, 0) is 4.74 Å². The molecule has 0 aliphatic rings. The second-order valence-electron chi connectivity index (χ2n) is 3.29. The molecule has 88 valence electrons. The summed E-state index contributed by atoms with van der Waals surface area (Å²) in [4.78, 5) is 15.5. The lowest BCUT2D eigenvalue weighted by Gasteiger charge is -2.06. The number of fused-ring (bicyclic) bond motifs is 1. The molecule has 17 heavy (non-hydrogen) atoms. The summed E-state index contributed by atoms with van der Waals surface area (Å²) in [7, 11) is 2.75. The Bertz CT molecular complexity index is 583. The maximum Gasteiger partial charge on any atom is 0.340 e. The van der Waals surface area contributed by atoms with Crippen LogP contribution in [-0.4, -0.2) is 25.2 Å². The Morgan fingerprint density at radius 2 is 2.24 bits per heavy atom. The minimum absolute atomic E-state index is 0.247. The molecule has 2 aromatic rings. The second kappa shape index (κ2) is 4.25. The van der Waals surface area contributed by atoms with E-state index in [-0.39, 0.29) is 16.6 Å². The van der Waals surface area contributed by atoms with Crippen molar-refractivity contribution in [2.75, 3.05) is 14.2 Å². The number of carbonyl (C=O) groups is 1. The highest BCUT2D eigenvalue weighted by Crippen LogP contribution is 2.18. The number of ether oxygens (including phenoxy) is 2. The van der Waals surface area contributed by atoms with Crippen molar-refractivity contribution in [2.24, 2.45) is 0 Å². The lowest BCUT2D eigenvalue weighted by Crippen LogP contribution is -2.27. The molecule has 0 spiro atoms. The number of nitrogens with zero attached hydrogens (tertiary/aromatic N) is 2. The molecule has 0 aliphatic carbocycles. The maximum absolute atomic E-state index is 11.6. The predicted octanol–water partition coefficient (Wildman–Crippen LogP) is 0.663. The van der Waals surface area contributed by atoms with E-state index in [1.807, 2.05) is 0 Å². The molecule has 0 bridgehead atoms. The molecule has 0 radical (unpaired) electrons. The highest BCUT2D eigenvalue weighted by Gasteiger charge is 2.17. The minimum Gasteiger partial charge on any atom is -0.618 e. The molecule has 2 aromatic heterocycles. The summed E-state index contributed by atoms with van der Waals surface area (Å²) < 4.78 is 10.2. The van der Waals surface area contributed by atoms with Crippen LogP contribution >= 0.6 is 0 Å². The Morgan fingerprint density at radius 1 is 1.47 bits per heavy atom. The highest BCUT2D eigenvalue weighted by atomic mass is 16.5. The Morgan fingerprint density at radius 3 is 2.88 bits per heavy atom. The van der Waals surface area contributed by atoms with Gasteiger partial charge in [-0.25, -0.2) is 9.78 Å². The number of hydrogen-bond donors (Lipinski definition) is 0. The summed E-state index contributed by atoms with van der Waals surface area (Å²) in [5.41, 5.74) is 0.791. The topological polar surface area (TPSA) is 75.4 Å². The van der Waals surface area contributed by atoms with Crippen LogP contribution in [0.15, 0.2) is 24.5 Å². The summed E-state index contributed by atoms with van der Waals surface area (Å²) in [6, 6.07) is 2.89. The van der Waals surface area contributed by atoms with Crippen molar-refractivity contribution in [3.63, 3.8) is 0 Å². The van der Waals surface area contributed by atoms with Gasteiger partial charge >= 0.3 is 5.97 Å². The summed E-state index contributed by atoms with van der Waals surface area (Å²) >= 11 is 0. The van der Waals surface area contributed by atoms with E-state index in [0.29, 0.717) is 10.5 Å². The van der Waals surface area contributed by atoms with Gasteiger partial charge in [-0.3, -0.25) is 0 Å². The van der Waals surface area contributed by atoms with Gasteiger partial charge in [-0.2, -0.15) is 4.73 Å². The van der Waals surface area contributed by atoms with Crippen LogP contribution in [0.4, 0.5) is 0 Å². The van der Waals surface area contributed by atoms with Crippen LogP contribution in [0.3, 0.4) is 0 Å². The van der Waals surface area contributed by atoms with E-state index in [1.54, 1.807) is 0 Å². The van der Waals surface area contributed by atoms with Crippen LogP contribution in [0.5, 0.6) is 5.75 Å². The minimum atomic E-state index is -0.534. The lowest BCUT2D eigenvalue weighted by atomic mass is 10.2. The van der Waals surface area contributed by atoms with E-state index in [4.69, 9.17) is 4.74 Å². The van der Waals surface area contributed by atoms with E-state index in [2.05, 4.69) is 9.72 Å². The third-order valence-corrected chi connectivity index (χ3v) is 2.35. The first-order valence-electron chi connectivity index (χ1n) is 4.81. The Kier molecular flexibility index (Phi) is 2.78. The number of rotatable bonds is 2. The van der Waals surface area contributed by atoms with Crippen LogP contribution in [0.2, 0.25) is 0 Å². The second-order valence-corrected chi connectivity index (χ2v) is 3.29. The van der Waals surface area contributed by atoms with Crippen LogP contribution < -0.4 is 9.47 Å². The molecule has 2 rings (SSSR count). The van der Waals surface area contributed by atoms with Gasteiger partial charge in [-0.15, -0.1) is 0 Å². The fourth-order valence-electron chi connectivity index (χ4n) is 1.50. The van der Waals surface area contributed by atoms with Crippen molar-refractivity contribution in [1.29, 1.82) is 0 Å². The molecule has 0 atom stereocenters. The van der Waals surface area contributed by atoms with Crippen molar-refractivity contribution in [3.8, 4) is 5.75 Å². The highest BCUT2D eigenvalue weighted by molar-refractivity contribution is 6.00. The summed E-state index contributed by atoms with van der Waals surface area (Å²) in [5, 5.41) is 11.6. The van der Waals surface area contributed by atoms with Gasteiger partial charge in [0.15, 0.2) is 11.7 Å². The quantitative estimate of drug-likeness (QED) is 0.433. The molecule has 0 amide bonds. The fourth-order valence-corrected chi connectivity index (χ4v) is 1.50. The number of aromatic nitrogens is 2. The van der Waals surface area contributed by atoms with E-state index in [1.165, 1.54) is 38.7 Å². The smallest absolute Gasteiger partial charge is 0.340 e. The Hall–Kier alpha value is -2.37. The summed E-state index contributed by atoms with van der Waals surface area (Å²) in [6.45, 7) is 0. The van der Waals surface area contributed by atoms with E-state index in [0.717, 1.165) is 0 Å². The molecule has 0 fully saturated rings. The summed E-state index contributed by atoms with van der Waals surface area (Å²) in [5.74, 6) is -0.0858. The molecule has 0 aliphatic heterocycles. The molecule has 0 N–H and O–H groups in total. The summed E-state index contributed by atoms with van der Waals surface area (Å²) in [6.07, 6.45) is 2.67. The average Bonchev–Trinajstić information content (AvgIpc) is 2.38. The number of esters is 1. The number of carbonyl (C=O) groups excluding carboxylic acids is 1. The normalized spacial score (nSPS) is 10.2. The monoisotopic (exact) mass is 234 g/mol. The molecule has 2 heterocycles. The Balaban J connectivity index is 2.73. The number of methoxy groups -OCH3 is 2. The van der Waals surface area contributed by atoms with Gasteiger partial charge in [0.2, 0.25) is 5.52 Å². The van der Waals surface area contributed by atoms with E-state index in [9.17, 15) is 10.0 Å². The standard InChI is InChI=1S/C11H10N2O4/c1-16-7-5-9-10(12-6-7)8(11(14)17-2)3-4-13(9)15/h3-6H,1-2H3. The average molecular weight is 234 g/mol. The largest absolute Gasteiger partial charge is 0.618 e. The van der Waals surface area contributed by atoms with Gasteiger partial charge in [0.05, 0.1) is 32.0 Å². The van der Waals surface area contributed by atoms with Crippen molar-refractivity contribution in [3.05, 3.63) is 35.3 Å². The first-order valence-corrected chi connectivity index (χ1v) is 4.81. The van der Waals surface area contributed by atoms with Crippen LogP contribution in [0.25, 0.3) is 11.0 Å². The molecule has 0 unspecified atom stereocenters. The van der Waals surface area contributed by atoms with Crippen LogP contribution in [0, 0.1) is 5.21 Å². The SMILES string of the molecule is COC(=O)c1cc[n+]([O-])c2cc(OC)cnc12. The van der Waals surface area contributed by atoms with Crippen molar-refractivity contribution in [2.45, 2.75) is 0 Å². The van der Waals surface area contributed by atoms with Crippen molar-refractivity contribution < 1.29 is 19.0 Å². The number of hydrogen-bond acceptors (Lipinski definition) is 5. The van der Waals surface area contributed by atoms with Gasteiger partial charge in [0, 0.05) is 6.07 Å². The third kappa shape index (κ3) is 1.84.